The van der Waals surface area contributed by atoms with Crippen LogP contribution in [0.5, 0.6) is 0 Å². The summed E-state index contributed by atoms with van der Waals surface area (Å²) in [6, 6.07) is 9.77. The maximum absolute atomic E-state index is 12.0. The monoisotopic (exact) mass is 387 g/mol. The first-order valence-electron chi connectivity index (χ1n) is 6.42. The van der Waals surface area contributed by atoms with E-state index in [4.69, 9.17) is 4.74 Å². The zero-order valence-corrected chi connectivity index (χ0v) is 13.6. The van der Waals surface area contributed by atoms with Gasteiger partial charge in [0, 0.05) is 19.0 Å². The van der Waals surface area contributed by atoms with Gasteiger partial charge in [-0.15, -0.1) is 0 Å². The van der Waals surface area contributed by atoms with Gasteiger partial charge in [0.15, 0.2) is 0 Å². The molecule has 1 aromatic rings. The summed E-state index contributed by atoms with van der Waals surface area (Å²) in [4.78, 5) is 13.8. The van der Waals surface area contributed by atoms with Crippen LogP contribution in [0.1, 0.15) is 12.0 Å². The number of amides is 1. The van der Waals surface area contributed by atoms with Gasteiger partial charge in [0.05, 0.1) is 3.23 Å². The molecule has 19 heavy (non-hydrogen) atoms. The van der Waals surface area contributed by atoms with E-state index in [2.05, 4.69) is 31.9 Å². The number of alkyl halides is 2. The summed E-state index contributed by atoms with van der Waals surface area (Å²) in [5, 5.41) is 0. The Morgan fingerprint density at radius 2 is 2.05 bits per heavy atom. The molecule has 1 aliphatic carbocycles. The lowest BCUT2D eigenvalue weighted by Gasteiger charge is -2.25. The molecular weight excluding hydrogens is 374 g/mol. The number of hydrogen-bond donors (Lipinski definition) is 0. The van der Waals surface area contributed by atoms with Crippen LogP contribution in [0.4, 0.5) is 4.79 Å². The van der Waals surface area contributed by atoms with Gasteiger partial charge in [0.1, 0.15) is 6.61 Å². The van der Waals surface area contributed by atoms with Crippen LogP contribution < -0.4 is 0 Å². The molecule has 0 unspecified atom stereocenters. The molecule has 1 saturated carbocycles. The van der Waals surface area contributed by atoms with Crippen LogP contribution in [0.25, 0.3) is 0 Å². The Hall–Kier alpha value is -0.550. The molecule has 102 valence electrons. The van der Waals surface area contributed by atoms with Crippen molar-refractivity contribution in [3.8, 4) is 0 Å². The number of halogens is 2. The number of ether oxygens (including phenoxy) is 1. The number of nitrogens with zero attached hydrogens (tertiary/aromatic N) is 1. The predicted octanol–water partition coefficient (Wildman–Crippen LogP) is 3.76. The van der Waals surface area contributed by atoms with Gasteiger partial charge in [-0.05, 0) is 17.9 Å². The van der Waals surface area contributed by atoms with Gasteiger partial charge in [-0.25, -0.2) is 4.79 Å². The molecule has 1 saturated heterocycles. The van der Waals surface area contributed by atoms with Gasteiger partial charge in [0.25, 0.3) is 0 Å². The lowest BCUT2D eigenvalue weighted by Crippen LogP contribution is -2.37. The van der Waals surface area contributed by atoms with Crippen molar-refractivity contribution in [2.45, 2.75) is 16.3 Å². The number of carbonyl (C=O) groups excluding carboxylic acids is 1. The van der Waals surface area contributed by atoms with E-state index < -0.39 is 0 Å². The standard InChI is InChI=1S/C14H15Br2NO2/c15-14(16)11-6-7-17(8-12(11)14)13(18)19-9-10-4-2-1-3-5-10/h1-5,11-12H,6-9H2/t11-,12+/m1/s1. The average molecular weight is 389 g/mol. The Morgan fingerprint density at radius 3 is 2.74 bits per heavy atom. The second-order valence-electron chi connectivity index (χ2n) is 5.16. The average Bonchev–Trinajstić information content (AvgIpc) is 2.99. The normalized spacial score (nSPS) is 27.6. The minimum atomic E-state index is -0.204. The van der Waals surface area contributed by atoms with Crippen molar-refractivity contribution < 1.29 is 9.53 Å². The summed E-state index contributed by atoms with van der Waals surface area (Å²) in [6.07, 6.45) is 0.826. The van der Waals surface area contributed by atoms with E-state index in [1.54, 1.807) is 0 Å². The maximum atomic E-state index is 12.0. The third-order valence-electron chi connectivity index (χ3n) is 3.96. The summed E-state index contributed by atoms with van der Waals surface area (Å²) >= 11 is 7.34. The van der Waals surface area contributed by atoms with Gasteiger partial charge >= 0.3 is 6.09 Å². The number of likely N-dealkylation sites (tertiary alicyclic amines) is 1. The highest BCUT2D eigenvalue weighted by Crippen LogP contribution is 2.65. The van der Waals surface area contributed by atoms with E-state index in [1.807, 2.05) is 35.2 Å². The third kappa shape index (κ3) is 2.68. The Kier molecular flexibility index (Phi) is 3.60. The summed E-state index contributed by atoms with van der Waals surface area (Å²) in [5.41, 5.74) is 1.02. The number of benzene rings is 1. The highest BCUT2D eigenvalue weighted by Gasteiger charge is 2.63. The van der Waals surface area contributed by atoms with Gasteiger partial charge in [0.2, 0.25) is 0 Å². The van der Waals surface area contributed by atoms with Gasteiger partial charge in [-0.3, -0.25) is 0 Å². The Labute approximate surface area is 129 Å². The van der Waals surface area contributed by atoms with Crippen LogP contribution in [0.2, 0.25) is 0 Å². The number of hydrogen-bond acceptors (Lipinski definition) is 2. The van der Waals surface area contributed by atoms with Crippen LogP contribution in [0.15, 0.2) is 30.3 Å². The number of carbonyl (C=O) groups is 1. The predicted molar refractivity (Wildman–Crippen MR) is 80.4 cm³/mol. The molecule has 1 amide bonds. The molecule has 2 atom stereocenters. The summed E-state index contributed by atoms with van der Waals surface area (Å²) in [6.45, 7) is 1.90. The summed E-state index contributed by atoms with van der Waals surface area (Å²) in [5.74, 6) is 1.15. The summed E-state index contributed by atoms with van der Waals surface area (Å²) < 4.78 is 5.41. The van der Waals surface area contributed by atoms with Gasteiger partial charge in [-0.1, -0.05) is 62.2 Å². The molecule has 0 aromatic heterocycles. The molecule has 2 fully saturated rings. The number of rotatable bonds is 2. The van der Waals surface area contributed by atoms with Crippen molar-refractivity contribution in [1.29, 1.82) is 0 Å². The van der Waals surface area contributed by atoms with E-state index in [-0.39, 0.29) is 9.33 Å². The molecule has 1 aromatic carbocycles. The Balaban J connectivity index is 1.52. The maximum Gasteiger partial charge on any atom is 0.410 e. The van der Waals surface area contributed by atoms with E-state index in [9.17, 15) is 4.79 Å². The number of piperidine rings is 1. The second kappa shape index (κ2) is 5.09. The minimum absolute atomic E-state index is 0.0501. The lowest BCUT2D eigenvalue weighted by molar-refractivity contribution is 0.0878. The smallest absolute Gasteiger partial charge is 0.410 e. The second-order valence-corrected chi connectivity index (χ2v) is 8.85. The Bertz CT molecular complexity index is 478. The number of fused-ring (bicyclic) bond motifs is 1. The third-order valence-corrected chi connectivity index (χ3v) is 6.31. The molecule has 0 radical (unpaired) electrons. The van der Waals surface area contributed by atoms with Crippen LogP contribution in [-0.2, 0) is 11.3 Å². The zero-order valence-electron chi connectivity index (χ0n) is 10.4. The fourth-order valence-corrected chi connectivity index (χ4v) is 4.46. The van der Waals surface area contributed by atoms with Crippen LogP contribution in [-0.4, -0.2) is 27.3 Å². The molecule has 1 aliphatic heterocycles. The van der Waals surface area contributed by atoms with Crippen molar-refractivity contribution in [3.05, 3.63) is 35.9 Å². The van der Waals surface area contributed by atoms with Crippen molar-refractivity contribution in [2.75, 3.05) is 13.1 Å². The molecular formula is C14H15Br2NO2. The van der Waals surface area contributed by atoms with E-state index in [1.165, 1.54) is 0 Å². The van der Waals surface area contributed by atoms with E-state index in [0.29, 0.717) is 18.4 Å². The summed E-state index contributed by atoms with van der Waals surface area (Å²) in [7, 11) is 0. The zero-order chi connectivity index (χ0) is 13.5. The van der Waals surface area contributed by atoms with Crippen molar-refractivity contribution in [1.82, 2.24) is 4.90 Å². The highest BCUT2D eigenvalue weighted by molar-refractivity contribution is 9.25. The first-order chi connectivity index (χ1) is 9.09. The quantitative estimate of drug-likeness (QED) is 0.722. The van der Waals surface area contributed by atoms with Crippen molar-refractivity contribution in [3.63, 3.8) is 0 Å². The first-order valence-corrected chi connectivity index (χ1v) is 8.01. The first kappa shape index (κ1) is 13.4. The fourth-order valence-electron chi connectivity index (χ4n) is 2.70. The van der Waals surface area contributed by atoms with Crippen LogP contribution in [0.3, 0.4) is 0 Å². The molecule has 1 heterocycles. The molecule has 0 N–H and O–H groups in total. The van der Waals surface area contributed by atoms with Gasteiger partial charge < -0.3 is 9.64 Å². The van der Waals surface area contributed by atoms with Gasteiger partial charge in [-0.2, -0.15) is 0 Å². The Morgan fingerprint density at radius 1 is 1.32 bits per heavy atom. The molecule has 5 heteroatoms. The van der Waals surface area contributed by atoms with Crippen molar-refractivity contribution >= 4 is 38.0 Å². The van der Waals surface area contributed by atoms with Crippen LogP contribution >= 0.6 is 31.9 Å². The molecule has 2 aliphatic rings. The topological polar surface area (TPSA) is 29.5 Å². The highest BCUT2D eigenvalue weighted by atomic mass is 79.9. The van der Waals surface area contributed by atoms with E-state index >= 15 is 0 Å². The van der Waals surface area contributed by atoms with E-state index in [0.717, 1.165) is 25.1 Å². The molecule has 0 spiro atoms. The lowest BCUT2D eigenvalue weighted by atomic mass is 10.1. The van der Waals surface area contributed by atoms with Crippen LogP contribution in [0, 0.1) is 11.8 Å². The fraction of sp³-hybridized carbons (Fsp3) is 0.500. The molecule has 0 bridgehead atoms. The minimum Gasteiger partial charge on any atom is -0.445 e. The molecule has 3 nitrogen and oxygen atoms in total. The molecule has 3 rings (SSSR count). The largest absolute Gasteiger partial charge is 0.445 e. The SMILES string of the molecule is O=C(OCc1ccccc1)N1CC[C@@H]2[C@H](C1)C2(Br)Br. The van der Waals surface area contributed by atoms with Crippen molar-refractivity contribution in [2.24, 2.45) is 11.8 Å².